The maximum Gasteiger partial charge on any atom is 0.123 e. The average molecular weight is 264 g/mol. The number of rotatable bonds is 4. The van der Waals surface area contributed by atoms with Gasteiger partial charge in [-0.2, -0.15) is 0 Å². The Morgan fingerprint density at radius 1 is 0.944 bits per heavy atom. The predicted molar refractivity (Wildman–Crippen MR) is 71.8 cm³/mol. The lowest BCUT2D eigenvalue weighted by Crippen LogP contribution is -2.12. The summed E-state index contributed by atoms with van der Waals surface area (Å²) in [4.78, 5) is 0. The third kappa shape index (κ3) is 3.39. The van der Waals surface area contributed by atoms with Crippen LogP contribution in [0.25, 0.3) is 0 Å². The van der Waals surface area contributed by atoms with Crippen LogP contribution < -0.4 is 5.32 Å². The SMILES string of the molecule is Oc1ccc(CNCc2ccc(Cl)cc2)c(O)c1. The fraction of sp³-hybridized carbons (Fsp3) is 0.143. The summed E-state index contributed by atoms with van der Waals surface area (Å²) in [5.74, 6) is 0.160. The summed E-state index contributed by atoms with van der Waals surface area (Å²) in [5, 5.41) is 22.7. The van der Waals surface area contributed by atoms with Gasteiger partial charge in [0.25, 0.3) is 0 Å². The Morgan fingerprint density at radius 3 is 2.33 bits per heavy atom. The molecule has 3 N–H and O–H groups in total. The van der Waals surface area contributed by atoms with Crippen molar-refractivity contribution >= 4 is 11.6 Å². The lowest BCUT2D eigenvalue weighted by molar-refractivity contribution is 0.443. The van der Waals surface area contributed by atoms with Crippen LogP contribution in [0, 0.1) is 0 Å². The molecule has 2 aromatic carbocycles. The average Bonchev–Trinajstić information content (AvgIpc) is 2.34. The molecule has 0 fully saturated rings. The van der Waals surface area contributed by atoms with Crippen molar-refractivity contribution in [1.82, 2.24) is 5.32 Å². The summed E-state index contributed by atoms with van der Waals surface area (Å²) >= 11 is 5.80. The van der Waals surface area contributed by atoms with E-state index in [-0.39, 0.29) is 11.5 Å². The molecule has 0 aliphatic carbocycles. The lowest BCUT2D eigenvalue weighted by atomic mass is 10.2. The molecule has 0 aliphatic heterocycles. The third-order valence-corrected chi connectivity index (χ3v) is 2.88. The van der Waals surface area contributed by atoms with Gasteiger partial charge >= 0.3 is 0 Å². The summed E-state index contributed by atoms with van der Waals surface area (Å²) in [7, 11) is 0. The molecule has 0 saturated carbocycles. The molecular weight excluding hydrogens is 250 g/mol. The topological polar surface area (TPSA) is 52.5 Å². The van der Waals surface area contributed by atoms with Crippen molar-refractivity contribution in [2.24, 2.45) is 0 Å². The second-order valence-electron chi connectivity index (χ2n) is 4.04. The molecule has 0 heterocycles. The van der Waals surface area contributed by atoms with Gasteiger partial charge in [0.05, 0.1) is 0 Å². The number of nitrogens with one attached hydrogen (secondary N) is 1. The molecule has 0 bridgehead atoms. The summed E-state index contributed by atoms with van der Waals surface area (Å²) in [6.07, 6.45) is 0. The molecule has 0 unspecified atom stereocenters. The van der Waals surface area contributed by atoms with E-state index in [0.717, 1.165) is 16.1 Å². The van der Waals surface area contributed by atoms with E-state index in [9.17, 15) is 10.2 Å². The number of hydrogen-bond acceptors (Lipinski definition) is 3. The molecule has 2 rings (SSSR count). The number of halogens is 1. The molecule has 0 aromatic heterocycles. The van der Waals surface area contributed by atoms with Gasteiger partial charge in [-0.25, -0.2) is 0 Å². The zero-order chi connectivity index (χ0) is 13.0. The zero-order valence-electron chi connectivity index (χ0n) is 9.73. The molecule has 0 radical (unpaired) electrons. The van der Waals surface area contributed by atoms with Crippen LogP contribution >= 0.6 is 11.6 Å². The van der Waals surface area contributed by atoms with Crippen LogP contribution in [-0.2, 0) is 13.1 Å². The summed E-state index contributed by atoms with van der Waals surface area (Å²) in [5.41, 5.74) is 1.87. The monoisotopic (exact) mass is 263 g/mol. The van der Waals surface area contributed by atoms with Crippen molar-refractivity contribution in [3.8, 4) is 11.5 Å². The summed E-state index contributed by atoms with van der Waals surface area (Å²) in [6, 6.07) is 12.2. The maximum absolute atomic E-state index is 9.61. The minimum atomic E-state index is 0.0638. The van der Waals surface area contributed by atoms with Crippen molar-refractivity contribution in [3.05, 3.63) is 58.6 Å². The summed E-state index contributed by atoms with van der Waals surface area (Å²) in [6.45, 7) is 1.23. The quantitative estimate of drug-likeness (QED) is 0.795. The minimum absolute atomic E-state index is 0.0638. The first-order valence-corrected chi connectivity index (χ1v) is 5.99. The highest BCUT2D eigenvalue weighted by Gasteiger charge is 2.01. The van der Waals surface area contributed by atoms with E-state index in [1.165, 1.54) is 6.07 Å². The van der Waals surface area contributed by atoms with Crippen LogP contribution in [0.1, 0.15) is 11.1 Å². The van der Waals surface area contributed by atoms with Crippen LogP contribution in [0.4, 0.5) is 0 Å². The third-order valence-electron chi connectivity index (χ3n) is 2.63. The van der Waals surface area contributed by atoms with Gasteiger partial charge in [-0.15, -0.1) is 0 Å². The summed E-state index contributed by atoms with van der Waals surface area (Å²) < 4.78 is 0. The Balaban J connectivity index is 1.90. The predicted octanol–water partition coefficient (Wildman–Crippen LogP) is 3.04. The lowest BCUT2D eigenvalue weighted by Gasteiger charge is -2.07. The number of phenols is 2. The van der Waals surface area contributed by atoms with Crippen molar-refractivity contribution in [1.29, 1.82) is 0 Å². The Morgan fingerprint density at radius 2 is 1.67 bits per heavy atom. The molecule has 4 heteroatoms. The highest BCUT2D eigenvalue weighted by molar-refractivity contribution is 6.30. The Kier molecular flexibility index (Phi) is 4.07. The van der Waals surface area contributed by atoms with Crippen molar-refractivity contribution in [2.75, 3.05) is 0 Å². The Labute approximate surface area is 111 Å². The largest absolute Gasteiger partial charge is 0.508 e. The molecule has 94 valence electrons. The van der Waals surface area contributed by atoms with Gasteiger partial charge in [-0.1, -0.05) is 29.8 Å². The van der Waals surface area contributed by atoms with Crippen LogP contribution in [0.2, 0.25) is 5.02 Å². The van der Waals surface area contributed by atoms with Crippen LogP contribution in [0.5, 0.6) is 11.5 Å². The smallest absolute Gasteiger partial charge is 0.123 e. The van der Waals surface area contributed by atoms with E-state index in [1.54, 1.807) is 12.1 Å². The van der Waals surface area contributed by atoms with Gasteiger partial charge in [0, 0.05) is 29.7 Å². The fourth-order valence-electron chi connectivity index (χ4n) is 1.65. The van der Waals surface area contributed by atoms with Crippen molar-refractivity contribution < 1.29 is 10.2 Å². The Bertz CT molecular complexity index is 526. The number of hydrogen-bond donors (Lipinski definition) is 3. The van der Waals surface area contributed by atoms with Crippen molar-refractivity contribution in [3.63, 3.8) is 0 Å². The molecule has 0 amide bonds. The second-order valence-corrected chi connectivity index (χ2v) is 4.48. The van der Waals surface area contributed by atoms with Gasteiger partial charge in [-0.3, -0.25) is 0 Å². The zero-order valence-corrected chi connectivity index (χ0v) is 10.5. The van der Waals surface area contributed by atoms with E-state index in [2.05, 4.69) is 5.32 Å². The molecule has 18 heavy (non-hydrogen) atoms. The molecule has 0 spiro atoms. The first-order chi connectivity index (χ1) is 8.65. The van der Waals surface area contributed by atoms with E-state index in [4.69, 9.17) is 11.6 Å². The van der Waals surface area contributed by atoms with Crippen LogP contribution in [0.15, 0.2) is 42.5 Å². The van der Waals surface area contributed by atoms with Crippen LogP contribution in [0.3, 0.4) is 0 Å². The number of benzene rings is 2. The second kappa shape index (κ2) is 5.76. The molecule has 0 aliphatic rings. The van der Waals surface area contributed by atoms with E-state index < -0.39 is 0 Å². The number of aromatic hydroxyl groups is 2. The van der Waals surface area contributed by atoms with E-state index in [1.807, 2.05) is 24.3 Å². The van der Waals surface area contributed by atoms with E-state index in [0.29, 0.717) is 13.1 Å². The van der Waals surface area contributed by atoms with Gasteiger partial charge in [-0.05, 0) is 23.8 Å². The number of phenolic OH excluding ortho intramolecular Hbond substituents is 2. The molecule has 0 atom stereocenters. The van der Waals surface area contributed by atoms with Crippen molar-refractivity contribution in [2.45, 2.75) is 13.1 Å². The highest BCUT2D eigenvalue weighted by atomic mass is 35.5. The highest BCUT2D eigenvalue weighted by Crippen LogP contribution is 2.22. The molecule has 2 aromatic rings. The Hall–Kier alpha value is -1.71. The first-order valence-electron chi connectivity index (χ1n) is 5.61. The van der Waals surface area contributed by atoms with Crippen LogP contribution in [-0.4, -0.2) is 10.2 Å². The van der Waals surface area contributed by atoms with Gasteiger partial charge in [0.15, 0.2) is 0 Å². The van der Waals surface area contributed by atoms with Gasteiger partial charge < -0.3 is 15.5 Å². The fourth-order valence-corrected chi connectivity index (χ4v) is 1.77. The maximum atomic E-state index is 9.61. The normalized spacial score (nSPS) is 10.5. The first kappa shape index (κ1) is 12.7. The molecule has 3 nitrogen and oxygen atoms in total. The molecular formula is C14H14ClNO2. The standard InChI is InChI=1S/C14H14ClNO2/c15-12-4-1-10(2-5-12)8-16-9-11-3-6-13(17)7-14(11)18/h1-7,16-18H,8-9H2. The van der Waals surface area contributed by atoms with Gasteiger partial charge in [0.2, 0.25) is 0 Å². The van der Waals surface area contributed by atoms with E-state index >= 15 is 0 Å². The molecule has 0 saturated heterocycles. The minimum Gasteiger partial charge on any atom is -0.508 e. The van der Waals surface area contributed by atoms with Gasteiger partial charge in [0.1, 0.15) is 11.5 Å².